The SMILES string of the molecule is NC1CC(N)CN(c2nc(N3CC=CCC3)nc(N3CC(N)CC(N)C3)n2)C1. The van der Waals surface area contributed by atoms with E-state index in [9.17, 15) is 0 Å². The summed E-state index contributed by atoms with van der Waals surface area (Å²) >= 11 is 0. The summed E-state index contributed by atoms with van der Waals surface area (Å²) in [6.07, 6.45) is 6.94. The van der Waals surface area contributed by atoms with Gasteiger partial charge in [0, 0.05) is 63.4 Å². The van der Waals surface area contributed by atoms with Gasteiger partial charge in [-0.05, 0) is 19.3 Å². The standard InChI is InChI=1S/C18H32N10/c19-12-6-13(20)9-27(8-12)17-23-16(26-4-2-1-3-5-26)24-18(25-17)28-10-14(21)7-15(22)11-28/h1-2,12-15H,3-11,19-22H2. The van der Waals surface area contributed by atoms with Crippen LogP contribution in [0.25, 0.3) is 0 Å². The van der Waals surface area contributed by atoms with Crippen molar-refractivity contribution >= 4 is 17.8 Å². The molecule has 1 aromatic heterocycles. The first-order valence-electron chi connectivity index (χ1n) is 10.2. The van der Waals surface area contributed by atoms with Crippen molar-refractivity contribution in [2.45, 2.75) is 43.4 Å². The molecule has 1 aromatic rings. The second-order valence-electron chi connectivity index (χ2n) is 8.26. The summed E-state index contributed by atoms with van der Waals surface area (Å²) in [5, 5.41) is 0. The molecule has 2 fully saturated rings. The van der Waals surface area contributed by atoms with E-state index >= 15 is 0 Å². The number of hydrogen-bond donors (Lipinski definition) is 4. The van der Waals surface area contributed by atoms with Crippen LogP contribution in [0.15, 0.2) is 12.2 Å². The Bertz CT molecular complexity index is 645. The quantitative estimate of drug-likeness (QED) is 0.444. The predicted octanol–water partition coefficient (Wildman–Crippen LogP) is -1.63. The second kappa shape index (κ2) is 8.16. The topological polar surface area (TPSA) is 152 Å². The van der Waals surface area contributed by atoms with Gasteiger partial charge in [-0.2, -0.15) is 15.0 Å². The lowest BCUT2D eigenvalue weighted by Crippen LogP contribution is -2.54. The molecule has 2 saturated heterocycles. The van der Waals surface area contributed by atoms with Crippen molar-refractivity contribution in [3.05, 3.63) is 12.2 Å². The van der Waals surface area contributed by atoms with Crippen molar-refractivity contribution in [3.8, 4) is 0 Å². The smallest absolute Gasteiger partial charge is 0.232 e. The number of piperidine rings is 2. The average Bonchev–Trinajstić information content (AvgIpc) is 2.67. The van der Waals surface area contributed by atoms with E-state index in [0.29, 0.717) is 44.0 Å². The van der Waals surface area contributed by atoms with E-state index in [-0.39, 0.29) is 24.2 Å². The number of nitrogens with zero attached hydrogens (tertiary/aromatic N) is 6. The molecule has 0 amide bonds. The third kappa shape index (κ3) is 4.35. The Hall–Kier alpha value is -2.01. The maximum absolute atomic E-state index is 6.20. The third-order valence-electron chi connectivity index (χ3n) is 5.54. The Kier molecular flexibility index (Phi) is 5.63. The fourth-order valence-corrected chi connectivity index (χ4v) is 4.27. The predicted molar refractivity (Wildman–Crippen MR) is 111 cm³/mol. The van der Waals surface area contributed by atoms with Gasteiger partial charge in [0.2, 0.25) is 17.8 Å². The Morgan fingerprint density at radius 2 is 1.07 bits per heavy atom. The first-order chi connectivity index (χ1) is 13.5. The van der Waals surface area contributed by atoms with Gasteiger partial charge in [0.1, 0.15) is 0 Å². The van der Waals surface area contributed by atoms with E-state index in [0.717, 1.165) is 32.4 Å². The highest BCUT2D eigenvalue weighted by Gasteiger charge is 2.29. The van der Waals surface area contributed by atoms with Gasteiger partial charge in [-0.3, -0.25) is 0 Å². The summed E-state index contributed by atoms with van der Waals surface area (Å²) in [6, 6.07) is 0.0636. The summed E-state index contributed by atoms with van der Waals surface area (Å²) in [7, 11) is 0. The van der Waals surface area contributed by atoms with Gasteiger partial charge in [0.15, 0.2) is 0 Å². The van der Waals surface area contributed by atoms with Crippen molar-refractivity contribution in [2.75, 3.05) is 54.0 Å². The molecule has 0 saturated carbocycles. The van der Waals surface area contributed by atoms with Gasteiger partial charge in [-0.15, -0.1) is 0 Å². The van der Waals surface area contributed by atoms with E-state index < -0.39 is 0 Å². The van der Waals surface area contributed by atoms with E-state index in [1.807, 2.05) is 0 Å². The van der Waals surface area contributed by atoms with Gasteiger partial charge >= 0.3 is 0 Å². The molecule has 0 aliphatic carbocycles. The van der Waals surface area contributed by atoms with Crippen molar-refractivity contribution < 1.29 is 0 Å². The van der Waals surface area contributed by atoms with Crippen LogP contribution >= 0.6 is 0 Å². The Labute approximate surface area is 165 Å². The minimum Gasteiger partial charge on any atom is -0.338 e. The van der Waals surface area contributed by atoms with E-state index in [2.05, 4.69) is 26.9 Å². The van der Waals surface area contributed by atoms with Crippen LogP contribution < -0.4 is 37.6 Å². The number of anilines is 3. The lowest BCUT2D eigenvalue weighted by atomic mass is 10.0. The summed E-state index contributed by atoms with van der Waals surface area (Å²) in [4.78, 5) is 20.7. The molecule has 0 bridgehead atoms. The molecule has 3 aliphatic rings. The van der Waals surface area contributed by atoms with Crippen molar-refractivity contribution in [3.63, 3.8) is 0 Å². The molecule has 4 heterocycles. The van der Waals surface area contributed by atoms with Crippen molar-refractivity contribution in [2.24, 2.45) is 22.9 Å². The number of rotatable bonds is 3. The largest absolute Gasteiger partial charge is 0.338 e. The van der Waals surface area contributed by atoms with Crippen LogP contribution in [0.2, 0.25) is 0 Å². The molecule has 4 atom stereocenters. The molecule has 4 unspecified atom stereocenters. The Morgan fingerprint density at radius 3 is 1.46 bits per heavy atom. The van der Waals surface area contributed by atoms with Gasteiger partial charge < -0.3 is 37.6 Å². The van der Waals surface area contributed by atoms with Crippen LogP contribution in [0, 0.1) is 0 Å². The Morgan fingerprint density at radius 1 is 0.643 bits per heavy atom. The number of nitrogens with two attached hydrogens (primary N) is 4. The molecule has 0 aromatic carbocycles. The van der Waals surface area contributed by atoms with Crippen LogP contribution in [-0.4, -0.2) is 78.4 Å². The summed E-state index contributed by atoms with van der Waals surface area (Å²) in [5.74, 6) is 1.95. The van der Waals surface area contributed by atoms with Gasteiger partial charge in [-0.1, -0.05) is 12.2 Å². The monoisotopic (exact) mass is 388 g/mol. The zero-order valence-electron chi connectivity index (χ0n) is 16.3. The molecule has 0 spiro atoms. The molecule has 0 radical (unpaired) electrons. The van der Waals surface area contributed by atoms with Crippen molar-refractivity contribution in [1.29, 1.82) is 0 Å². The van der Waals surface area contributed by atoms with E-state index in [1.165, 1.54) is 0 Å². The highest BCUT2D eigenvalue weighted by Crippen LogP contribution is 2.24. The highest BCUT2D eigenvalue weighted by atomic mass is 15.4. The van der Waals surface area contributed by atoms with Crippen LogP contribution in [0.1, 0.15) is 19.3 Å². The van der Waals surface area contributed by atoms with Crippen LogP contribution in [0.4, 0.5) is 17.8 Å². The highest BCUT2D eigenvalue weighted by molar-refractivity contribution is 5.48. The van der Waals surface area contributed by atoms with Crippen LogP contribution in [-0.2, 0) is 0 Å². The minimum absolute atomic E-state index is 0.0159. The van der Waals surface area contributed by atoms with E-state index in [1.54, 1.807) is 0 Å². The normalized spacial score (nSPS) is 31.4. The zero-order valence-corrected chi connectivity index (χ0v) is 16.3. The van der Waals surface area contributed by atoms with Crippen LogP contribution in [0.5, 0.6) is 0 Å². The van der Waals surface area contributed by atoms with Gasteiger partial charge in [0.25, 0.3) is 0 Å². The first-order valence-corrected chi connectivity index (χ1v) is 10.2. The molecular formula is C18H32N10. The lowest BCUT2D eigenvalue weighted by Gasteiger charge is -2.37. The number of hydrogen-bond acceptors (Lipinski definition) is 10. The second-order valence-corrected chi connectivity index (χ2v) is 8.26. The first kappa shape index (κ1) is 19.3. The minimum atomic E-state index is 0.0159. The third-order valence-corrected chi connectivity index (χ3v) is 5.54. The fraction of sp³-hybridized carbons (Fsp3) is 0.722. The fourth-order valence-electron chi connectivity index (χ4n) is 4.27. The van der Waals surface area contributed by atoms with Crippen molar-refractivity contribution in [1.82, 2.24) is 15.0 Å². The van der Waals surface area contributed by atoms with Crippen LogP contribution in [0.3, 0.4) is 0 Å². The average molecular weight is 389 g/mol. The summed E-state index contributed by atoms with van der Waals surface area (Å²) in [5.41, 5.74) is 24.8. The summed E-state index contributed by atoms with van der Waals surface area (Å²) in [6.45, 7) is 4.44. The summed E-state index contributed by atoms with van der Waals surface area (Å²) < 4.78 is 0. The van der Waals surface area contributed by atoms with Gasteiger partial charge in [0.05, 0.1) is 0 Å². The maximum atomic E-state index is 6.20. The molecule has 28 heavy (non-hydrogen) atoms. The molecule has 154 valence electrons. The molecule has 10 heteroatoms. The molecule has 8 N–H and O–H groups in total. The zero-order chi connectivity index (χ0) is 19.7. The molecule has 3 aliphatic heterocycles. The Balaban J connectivity index is 1.67. The molecular weight excluding hydrogens is 356 g/mol. The maximum Gasteiger partial charge on any atom is 0.232 e. The lowest BCUT2D eigenvalue weighted by molar-refractivity contribution is 0.441. The van der Waals surface area contributed by atoms with E-state index in [4.69, 9.17) is 37.9 Å². The molecule has 4 rings (SSSR count). The molecule has 10 nitrogen and oxygen atoms in total. The van der Waals surface area contributed by atoms with Gasteiger partial charge in [-0.25, -0.2) is 0 Å². The number of aromatic nitrogens is 3.